The molecule has 1 aliphatic heterocycles. The number of ether oxygens (including phenoxy) is 2. The Labute approximate surface area is 111 Å². The van der Waals surface area contributed by atoms with Crippen molar-refractivity contribution in [2.45, 2.75) is 19.4 Å². The zero-order valence-electron chi connectivity index (χ0n) is 10.3. The molecule has 6 heteroatoms. The van der Waals surface area contributed by atoms with E-state index in [-0.39, 0.29) is 11.2 Å². The highest BCUT2D eigenvalue weighted by Crippen LogP contribution is 2.34. The first-order valence-corrected chi connectivity index (χ1v) is 5.97. The SMILES string of the molecule is COc1cc2c(cc1C=NNC(N)=S)OC(C)C2. The Morgan fingerprint density at radius 1 is 1.67 bits per heavy atom. The highest BCUT2D eigenvalue weighted by Gasteiger charge is 2.21. The zero-order chi connectivity index (χ0) is 13.1. The fraction of sp³-hybridized carbons (Fsp3) is 0.333. The molecule has 0 saturated heterocycles. The number of hydrogen-bond acceptors (Lipinski definition) is 4. The van der Waals surface area contributed by atoms with Gasteiger partial charge in [-0.25, -0.2) is 0 Å². The van der Waals surface area contributed by atoms with Crippen molar-refractivity contribution in [1.82, 2.24) is 5.43 Å². The fourth-order valence-electron chi connectivity index (χ4n) is 1.90. The monoisotopic (exact) mass is 265 g/mol. The van der Waals surface area contributed by atoms with Crippen LogP contribution in [0.25, 0.3) is 0 Å². The van der Waals surface area contributed by atoms with E-state index in [1.165, 1.54) is 0 Å². The molecule has 1 aromatic rings. The van der Waals surface area contributed by atoms with Gasteiger partial charge in [0.1, 0.15) is 17.6 Å². The van der Waals surface area contributed by atoms with Gasteiger partial charge in [0.25, 0.3) is 0 Å². The number of nitrogens with two attached hydrogens (primary N) is 1. The van der Waals surface area contributed by atoms with E-state index >= 15 is 0 Å². The molecule has 0 aromatic heterocycles. The Morgan fingerprint density at radius 2 is 2.44 bits per heavy atom. The molecule has 1 aliphatic rings. The summed E-state index contributed by atoms with van der Waals surface area (Å²) in [4.78, 5) is 0. The molecule has 1 heterocycles. The fourth-order valence-corrected chi connectivity index (χ4v) is 1.95. The highest BCUT2D eigenvalue weighted by atomic mass is 32.1. The molecule has 96 valence electrons. The molecule has 5 nitrogen and oxygen atoms in total. The van der Waals surface area contributed by atoms with Crippen LogP contribution in [0, 0.1) is 0 Å². The van der Waals surface area contributed by atoms with E-state index in [2.05, 4.69) is 22.7 Å². The summed E-state index contributed by atoms with van der Waals surface area (Å²) < 4.78 is 11.0. The lowest BCUT2D eigenvalue weighted by atomic mass is 10.1. The Kier molecular flexibility index (Phi) is 3.66. The van der Waals surface area contributed by atoms with Crippen molar-refractivity contribution in [1.29, 1.82) is 0 Å². The van der Waals surface area contributed by atoms with Crippen LogP contribution in [0.15, 0.2) is 17.2 Å². The van der Waals surface area contributed by atoms with Crippen molar-refractivity contribution in [3.8, 4) is 11.5 Å². The summed E-state index contributed by atoms with van der Waals surface area (Å²) >= 11 is 4.66. The van der Waals surface area contributed by atoms with E-state index in [1.807, 2.05) is 19.1 Å². The number of nitrogens with one attached hydrogen (secondary N) is 1. The summed E-state index contributed by atoms with van der Waals surface area (Å²) in [7, 11) is 1.62. The Hall–Kier alpha value is -1.82. The standard InChI is InChI=1S/C12H15N3O2S/c1-7-3-8-4-10(16-2)9(5-11(8)17-7)6-14-15-12(13)18/h4-7H,3H2,1-2H3,(H3,13,15,18). The molecule has 2 rings (SSSR count). The number of hydrogen-bond donors (Lipinski definition) is 2. The van der Waals surface area contributed by atoms with Gasteiger partial charge in [-0.3, -0.25) is 5.43 Å². The largest absolute Gasteiger partial charge is 0.496 e. The third-order valence-corrected chi connectivity index (χ3v) is 2.72. The van der Waals surface area contributed by atoms with Crippen LogP contribution in [-0.4, -0.2) is 24.5 Å². The quantitative estimate of drug-likeness (QED) is 0.488. The van der Waals surface area contributed by atoms with Crippen molar-refractivity contribution in [2.75, 3.05) is 7.11 Å². The van der Waals surface area contributed by atoms with Gasteiger partial charge >= 0.3 is 0 Å². The normalized spacial score (nSPS) is 17.3. The first-order chi connectivity index (χ1) is 8.60. The van der Waals surface area contributed by atoms with Gasteiger partial charge in [-0.2, -0.15) is 5.10 Å². The van der Waals surface area contributed by atoms with Crippen LogP contribution in [0.4, 0.5) is 0 Å². The van der Waals surface area contributed by atoms with Crippen molar-refractivity contribution in [3.63, 3.8) is 0 Å². The topological polar surface area (TPSA) is 68.9 Å². The van der Waals surface area contributed by atoms with Gasteiger partial charge in [0.15, 0.2) is 5.11 Å². The number of rotatable bonds is 3. The van der Waals surface area contributed by atoms with E-state index in [1.54, 1.807) is 13.3 Å². The van der Waals surface area contributed by atoms with Gasteiger partial charge in [-0.1, -0.05) is 0 Å². The number of nitrogens with zero attached hydrogens (tertiary/aromatic N) is 1. The number of thiocarbonyl (C=S) groups is 1. The lowest BCUT2D eigenvalue weighted by molar-refractivity contribution is 0.254. The molecule has 3 N–H and O–H groups in total. The average molecular weight is 265 g/mol. The second-order valence-corrected chi connectivity index (χ2v) is 4.51. The first kappa shape index (κ1) is 12.6. The van der Waals surface area contributed by atoms with E-state index in [0.29, 0.717) is 0 Å². The lowest BCUT2D eigenvalue weighted by Gasteiger charge is -2.07. The van der Waals surface area contributed by atoms with Crippen LogP contribution in [0.1, 0.15) is 18.1 Å². The van der Waals surface area contributed by atoms with E-state index in [0.717, 1.165) is 29.0 Å². The molecule has 0 fully saturated rings. The van der Waals surface area contributed by atoms with Gasteiger partial charge in [0.05, 0.1) is 13.3 Å². The van der Waals surface area contributed by atoms with E-state index < -0.39 is 0 Å². The van der Waals surface area contributed by atoms with Crippen molar-refractivity contribution < 1.29 is 9.47 Å². The minimum atomic E-state index is 0.122. The third kappa shape index (κ3) is 2.70. The van der Waals surface area contributed by atoms with Gasteiger partial charge in [0, 0.05) is 17.5 Å². The molecule has 1 atom stereocenters. The number of hydrazone groups is 1. The van der Waals surface area contributed by atoms with Crippen molar-refractivity contribution in [2.24, 2.45) is 10.8 Å². The summed E-state index contributed by atoms with van der Waals surface area (Å²) in [5.74, 6) is 1.63. The van der Waals surface area contributed by atoms with Crippen LogP contribution in [-0.2, 0) is 6.42 Å². The predicted molar refractivity (Wildman–Crippen MR) is 74.3 cm³/mol. The van der Waals surface area contributed by atoms with Gasteiger partial charge in [0.2, 0.25) is 0 Å². The smallest absolute Gasteiger partial charge is 0.184 e. The summed E-state index contributed by atoms with van der Waals surface area (Å²) in [6, 6.07) is 3.88. The lowest BCUT2D eigenvalue weighted by Crippen LogP contribution is -2.24. The van der Waals surface area contributed by atoms with Crippen LogP contribution >= 0.6 is 12.2 Å². The summed E-state index contributed by atoms with van der Waals surface area (Å²) in [5.41, 5.74) is 9.76. The molecule has 0 radical (unpaired) electrons. The Morgan fingerprint density at radius 3 is 3.11 bits per heavy atom. The highest BCUT2D eigenvalue weighted by molar-refractivity contribution is 7.80. The zero-order valence-corrected chi connectivity index (χ0v) is 11.1. The van der Waals surface area contributed by atoms with E-state index in [4.69, 9.17) is 15.2 Å². The average Bonchev–Trinajstić information content (AvgIpc) is 2.66. The molecular weight excluding hydrogens is 250 g/mol. The molecular formula is C12H15N3O2S. The van der Waals surface area contributed by atoms with E-state index in [9.17, 15) is 0 Å². The summed E-state index contributed by atoms with van der Waals surface area (Å²) in [6.45, 7) is 2.04. The molecule has 0 saturated carbocycles. The molecule has 0 aliphatic carbocycles. The minimum Gasteiger partial charge on any atom is -0.496 e. The van der Waals surface area contributed by atoms with Gasteiger partial charge < -0.3 is 15.2 Å². The maximum atomic E-state index is 5.69. The summed E-state index contributed by atoms with van der Waals surface area (Å²) in [5, 5.41) is 4.04. The van der Waals surface area contributed by atoms with Gasteiger partial charge in [-0.15, -0.1) is 0 Å². The number of methoxy groups -OCH3 is 1. The second-order valence-electron chi connectivity index (χ2n) is 4.07. The molecule has 18 heavy (non-hydrogen) atoms. The molecule has 1 unspecified atom stereocenters. The van der Waals surface area contributed by atoms with Crippen LogP contribution in [0.3, 0.4) is 0 Å². The molecule has 1 aromatic carbocycles. The second kappa shape index (κ2) is 5.22. The first-order valence-electron chi connectivity index (χ1n) is 5.56. The Bertz CT molecular complexity index is 502. The van der Waals surface area contributed by atoms with Crippen LogP contribution in [0.2, 0.25) is 0 Å². The number of fused-ring (bicyclic) bond motifs is 1. The Balaban J connectivity index is 2.27. The van der Waals surface area contributed by atoms with Crippen molar-refractivity contribution in [3.05, 3.63) is 23.3 Å². The summed E-state index contributed by atoms with van der Waals surface area (Å²) in [6.07, 6.45) is 2.70. The maximum absolute atomic E-state index is 5.69. The number of benzene rings is 1. The van der Waals surface area contributed by atoms with Gasteiger partial charge in [-0.05, 0) is 31.3 Å². The minimum absolute atomic E-state index is 0.122. The third-order valence-electron chi connectivity index (χ3n) is 2.63. The molecule has 0 amide bonds. The molecule has 0 bridgehead atoms. The van der Waals surface area contributed by atoms with Crippen LogP contribution in [0.5, 0.6) is 11.5 Å². The maximum Gasteiger partial charge on any atom is 0.184 e. The van der Waals surface area contributed by atoms with Crippen molar-refractivity contribution >= 4 is 23.5 Å². The van der Waals surface area contributed by atoms with Crippen LogP contribution < -0.4 is 20.6 Å². The predicted octanol–water partition coefficient (Wildman–Crippen LogP) is 1.19. The molecule has 0 spiro atoms.